The summed E-state index contributed by atoms with van der Waals surface area (Å²) >= 11 is 0. The third-order valence-electron chi connectivity index (χ3n) is 4.82. The van der Waals surface area contributed by atoms with Crippen molar-refractivity contribution in [2.45, 2.75) is 51.7 Å². The minimum Gasteiger partial charge on any atom is -0.469 e. The lowest BCUT2D eigenvalue weighted by atomic mass is 9.86. The van der Waals surface area contributed by atoms with E-state index in [0.29, 0.717) is 30.5 Å². The van der Waals surface area contributed by atoms with Gasteiger partial charge in [-0.05, 0) is 32.8 Å². The highest BCUT2D eigenvalue weighted by atomic mass is 19.3. The van der Waals surface area contributed by atoms with E-state index in [1.807, 2.05) is 13.8 Å². The molecule has 0 saturated carbocycles. The van der Waals surface area contributed by atoms with Crippen molar-refractivity contribution in [3.63, 3.8) is 0 Å². The second kappa shape index (κ2) is 8.00. The van der Waals surface area contributed by atoms with E-state index >= 15 is 0 Å². The van der Waals surface area contributed by atoms with Crippen LogP contribution in [0.3, 0.4) is 0 Å². The van der Waals surface area contributed by atoms with Gasteiger partial charge in [-0.3, -0.25) is 14.5 Å². The maximum Gasteiger partial charge on any atom is 0.461 e. The largest absolute Gasteiger partial charge is 0.469 e. The molecule has 158 valence electrons. The van der Waals surface area contributed by atoms with E-state index in [1.54, 1.807) is 4.68 Å². The highest BCUT2D eigenvalue weighted by Gasteiger charge is 2.44. The Morgan fingerprint density at radius 3 is 2.66 bits per heavy atom. The zero-order valence-corrected chi connectivity index (χ0v) is 16.2. The summed E-state index contributed by atoms with van der Waals surface area (Å²) in [6.45, 7) is 3.86. The van der Waals surface area contributed by atoms with Crippen LogP contribution in [-0.2, 0) is 22.4 Å². The van der Waals surface area contributed by atoms with Crippen molar-refractivity contribution in [1.29, 1.82) is 0 Å². The van der Waals surface area contributed by atoms with Crippen LogP contribution in [0.4, 0.5) is 17.6 Å². The van der Waals surface area contributed by atoms with E-state index in [1.165, 1.54) is 19.4 Å². The van der Waals surface area contributed by atoms with Crippen LogP contribution in [0, 0.1) is 5.92 Å². The molecule has 1 atom stereocenters. The maximum absolute atomic E-state index is 13.2. The zero-order chi connectivity index (χ0) is 21.3. The summed E-state index contributed by atoms with van der Waals surface area (Å²) in [6.07, 6.45) is -4.69. The molecule has 0 spiro atoms. The Morgan fingerprint density at radius 1 is 1.31 bits per heavy atom. The predicted molar refractivity (Wildman–Crippen MR) is 95.0 cm³/mol. The quantitative estimate of drug-likeness (QED) is 0.526. The average Bonchev–Trinajstić information content (AvgIpc) is 3.06. The SMILES string of the molecule is COC(=O)C1CCc2c(-c3cncc(OC(F)(F)C(F)F)c3)nn(C(C)C)c2C1. The molecule has 0 amide bonds. The van der Waals surface area contributed by atoms with Crippen LogP contribution in [0.5, 0.6) is 5.75 Å². The van der Waals surface area contributed by atoms with Crippen LogP contribution < -0.4 is 4.74 Å². The number of rotatable bonds is 6. The molecule has 6 nitrogen and oxygen atoms in total. The molecule has 0 N–H and O–H groups in total. The Balaban J connectivity index is 1.99. The summed E-state index contributed by atoms with van der Waals surface area (Å²) in [4.78, 5) is 15.8. The van der Waals surface area contributed by atoms with E-state index in [0.717, 1.165) is 17.5 Å². The third-order valence-corrected chi connectivity index (χ3v) is 4.82. The van der Waals surface area contributed by atoms with Crippen LogP contribution in [0.15, 0.2) is 18.5 Å². The number of ether oxygens (including phenoxy) is 2. The van der Waals surface area contributed by atoms with Crippen LogP contribution in [0.2, 0.25) is 0 Å². The number of pyridine rings is 1. The number of carbonyl (C=O) groups is 1. The van der Waals surface area contributed by atoms with E-state index in [4.69, 9.17) is 4.74 Å². The van der Waals surface area contributed by atoms with Gasteiger partial charge in [0.1, 0.15) is 5.75 Å². The van der Waals surface area contributed by atoms with Crippen LogP contribution in [0.25, 0.3) is 11.3 Å². The normalized spacial score (nSPS) is 16.8. The predicted octanol–water partition coefficient (Wildman–Crippen LogP) is 4.04. The van der Waals surface area contributed by atoms with Gasteiger partial charge in [-0.1, -0.05) is 0 Å². The van der Waals surface area contributed by atoms with Crippen molar-refractivity contribution in [2.24, 2.45) is 5.92 Å². The van der Waals surface area contributed by atoms with Gasteiger partial charge in [0.15, 0.2) is 0 Å². The lowest BCUT2D eigenvalue weighted by Gasteiger charge is -2.22. The monoisotopic (exact) mass is 415 g/mol. The second-order valence-electron chi connectivity index (χ2n) is 7.15. The van der Waals surface area contributed by atoms with Crippen LogP contribution in [-0.4, -0.2) is 40.4 Å². The van der Waals surface area contributed by atoms with Crippen molar-refractivity contribution in [3.8, 4) is 17.0 Å². The van der Waals surface area contributed by atoms with Gasteiger partial charge in [0.2, 0.25) is 0 Å². The van der Waals surface area contributed by atoms with Crippen molar-refractivity contribution < 1.29 is 31.8 Å². The maximum atomic E-state index is 13.2. The minimum absolute atomic E-state index is 0.00976. The molecule has 10 heteroatoms. The number of hydrogen-bond donors (Lipinski definition) is 0. The van der Waals surface area contributed by atoms with Gasteiger partial charge < -0.3 is 9.47 Å². The first-order chi connectivity index (χ1) is 13.6. The zero-order valence-electron chi connectivity index (χ0n) is 16.2. The molecule has 0 bridgehead atoms. The number of methoxy groups -OCH3 is 1. The number of fused-ring (bicyclic) bond motifs is 1. The van der Waals surface area contributed by atoms with Gasteiger partial charge in [-0.25, -0.2) is 0 Å². The summed E-state index contributed by atoms with van der Waals surface area (Å²) < 4.78 is 62.1. The Kier molecular flexibility index (Phi) is 5.81. The summed E-state index contributed by atoms with van der Waals surface area (Å²) in [5.74, 6) is -1.06. The smallest absolute Gasteiger partial charge is 0.461 e. The molecule has 2 heterocycles. The molecule has 29 heavy (non-hydrogen) atoms. The standard InChI is InChI=1S/C19H21F4N3O3/c1-10(2)26-15-7-11(17(27)28-3)4-5-14(15)16(25-26)12-6-13(9-24-8-12)29-19(22,23)18(20)21/h6,8-11,18H,4-5,7H2,1-3H3. The van der Waals surface area contributed by atoms with Crippen LogP contribution >= 0.6 is 0 Å². The molecule has 0 saturated heterocycles. The number of nitrogens with zero attached hydrogens (tertiary/aromatic N) is 3. The van der Waals surface area contributed by atoms with Gasteiger partial charge in [0, 0.05) is 35.5 Å². The summed E-state index contributed by atoms with van der Waals surface area (Å²) in [5.41, 5.74) is 2.62. The summed E-state index contributed by atoms with van der Waals surface area (Å²) in [7, 11) is 1.34. The van der Waals surface area contributed by atoms with Crippen molar-refractivity contribution in [1.82, 2.24) is 14.8 Å². The Morgan fingerprint density at radius 2 is 2.03 bits per heavy atom. The highest BCUT2D eigenvalue weighted by molar-refractivity contribution is 5.74. The molecule has 0 radical (unpaired) electrons. The van der Waals surface area contributed by atoms with E-state index < -0.39 is 18.3 Å². The molecule has 2 aromatic rings. The second-order valence-corrected chi connectivity index (χ2v) is 7.15. The van der Waals surface area contributed by atoms with Gasteiger partial charge in [0.05, 0.1) is 24.9 Å². The molecular weight excluding hydrogens is 394 g/mol. The fourth-order valence-electron chi connectivity index (χ4n) is 3.47. The van der Waals surface area contributed by atoms with E-state index in [2.05, 4.69) is 14.8 Å². The van der Waals surface area contributed by atoms with Gasteiger partial charge in [-0.15, -0.1) is 0 Å². The fraction of sp³-hybridized carbons (Fsp3) is 0.526. The summed E-state index contributed by atoms with van der Waals surface area (Å²) in [6, 6.07) is 1.20. The lowest BCUT2D eigenvalue weighted by Crippen LogP contribution is -2.33. The molecular formula is C19H21F4N3O3. The molecule has 1 aliphatic rings. The van der Waals surface area contributed by atoms with E-state index in [-0.39, 0.29) is 17.9 Å². The Bertz CT molecular complexity index is 899. The van der Waals surface area contributed by atoms with E-state index in [9.17, 15) is 22.4 Å². The van der Waals surface area contributed by atoms with Gasteiger partial charge >= 0.3 is 18.5 Å². The van der Waals surface area contributed by atoms with Crippen molar-refractivity contribution in [3.05, 3.63) is 29.7 Å². The van der Waals surface area contributed by atoms with Crippen molar-refractivity contribution in [2.75, 3.05) is 7.11 Å². The van der Waals surface area contributed by atoms with Gasteiger partial charge in [0.25, 0.3) is 0 Å². The highest BCUT2D eigenvalue weighted by Crippen LogP contribution is 2.36. The number of carbonyl (C=O) groups excluding carboxylic acids is 1. The average molecular weight is 415 g/mol. The Labute approximate surface area is 164 Å². The first-order valence-corrected chi connectivity index (χ1v) is 9.12. The molecule has 0 aliphatic heterocycles. The third kappa shape index (κ3) is 4.20. The van der Waals surface area contributed by atoms with Crippen LogP contribution in [0.1, 0.15) is 37.6 Å². The minimum atomic E-state index is -4.62. The molecule has 1 unspecified atom stereocenters. The van der Waals surface area contributed by atoms with Crippen molar-refractivity contribution >= 4 is 5.97 Å². The topological polar surface area (TPSA) is 66.2 Å². The first kappa shape index (κ1) is 21.1. The summed E-state index contributed by atoms with van der Waals surface area (Å²) in [5, 5.41) is 4.59. The number of alkyl halides is 4. The first-order valence-electron chi connectivity index (χ1n) is 9.12. The fourth-order valence-corrected chi connectivity index (χ4v) is 3.47. The number of hydrogen-bond acceptors (Lipinski definition) is 5. The Hall–Kier alpha value is -2.65. The molecule has 0 fully saturated rings. The molecule has 1 aliphatic carbocycles. The number of esters is 1. The van der Waals surface area contributed by atoms with Gasteiger partial charge in [-0.2, -0.15) is 22.7 Å². The molecule has 0 aromatic carbocycles. The molecule has 3 rings (SSSR count). The number of aromatic nitrogens is 3. The molecule has 2 aromatic heterocycles. The lowest BCUT2D eigenvalue weighted by molar-refractivity contribution is -0.253. The number of halogens is 4.